The number of aromatic nitrogens is 1. The van der Waals surface area contributed by atoms with Gasteiger partial charge in [-0.1, -0.05) is 52.4 Å². The Morgan fingerprint density at radius 3 is 2.05 bits per heavy atom. The molecule has 1 N–H and O–H groups in total. The Bertz CT molecular complexity index is 364. The molecule has 1 heterocycles. The van der Waals surface area contributed by atoms with Crippen LogP contribution in [-0.4, -0.2) is 11.0 Å². The fraction of sp³-hybridized carbons (Fsp3) is 0.722. The first-order valence-electron chi connectivity index (χ1n) is 8.38. The summed E-state index contributed by atoms with van der Waals surface area (Å²) in [7, 11) is 0. The highest BCUT2D eigenvalue weighted by Crippen LogP contribution is 2.19. The minimum atomic E-state index is 0.608. The molecule has 0 unspecified atom stereocenters. The Hall–Kier alpha value is -1.05. The normalized spacial score (nSPS) is 11.1. The van der Waals surface area contributed by atoms with Crippen molar-refractivity contribution in [1.29, 1.82) is 0 Å². The van der Waals surface area contributed by atoms with E-state index in [0.717, 1.165) is 11.4 Å². The number of aryl methyl sites for hydroxylation is 2. The van der Waals surface area contributed by atoms with Crippen LogP contribution in [0.3, 0.4) is 0 Å². The van der Waals surface area contributed by atoms with Crippen molar-refractivity contribution in [2.45, 2.75) is 85.1 Å². The number of unbranched alkanes of at least 4 members (excludes halogenated alkanes) is 4. The molecule has 0 aliphatic heterocycles. The fourth-order valence-electron chi connectivity index (χ4n) is 2.63. The van der Waals surface area contributed by atoms with Gasteiger partial charge in [-0.25, -0.2) is 0 Å². The molecule has 1 aromatic heterocycles. The smallest absolute Gasteiger partial charge is 0.0606 e. The maximum Gasteiger partial charge on any atom is 0.0606 e. The van der Waals surface area contributed by atoms with Crippen molar-refractivity contribution >= 4 is 5.69 Å². The van der Waals surface area contributed by atoms with E-state index in [1.54, 1.807) is 0 Å². The van der Waals surface area contributed by atoms with E-state index in [1.807, 2.05) is 0 Å². The van der Waals surface area contributed by atoms with Gasteiger partial charge < -0.3 is 5.32 Å². The van der Waals surface area contributed by atoms with Crippen LogP contribution in [0.5, 0.6) is 0 Å². The number of pyridine rings is 1. The van der Waals surface area contributed by atoms with Crippen LogP contribution in [0.2, 0.25) is 0 Å². The van der Waals surface area contributed by atoms with Crippen molar-refractivity contribution in [2.75, 3.05) is 5.32 Å². The Morgan fingerprint density at radius 1 is 0.950 bits per heavy atom. The van der Waals surface area contributed by atoms with Crippen molar-refractivity contribution < 1.29 is 0 Å². The predicted octanol–water partition coefficient (Wildman–Crippen LogP) is 5.64. The summed E-state index contributed by atoms with van der Waals surface area (Å²) in [5.41, 5.74) is 3.44. The molecule has 1 rings (SSSR count). The van der Waals surface area contributed by atoms with E-state index < -0.39 is 0 Å². The topological polar surface area (TPSA) is 24.9 Å². The van der Waals surface area contributed by atoms with Crippen LogP contribution < -0.4 is 5.32 Å². The fourth-order valence-corrected chi connectivity index (χ4v) is 2.63. The van der Waals surface area contributed by atoms with Gasteiger partial charge in [-0.05, 0) is 38.8 Å². The number of nitrogens with one attached hydrogen (secondary N) is 1. The van der Waals surface area contributed by atoms with Gasteiger partial charge in [0.1, 0.15) is 0 Å². The van der Waals surface area contributed by atoms with E-state index in [-0.39, 0.29) is 0 Å². The summed E-state index contributed by atoms with van der Waals surface area (Å²) >= 11 is 0. The van der Waals surface area contributed by atoms with Crippen LogP contribution in [0.15, 0.2) is 12.1 Å². The first-order valence-corrected chi connectivity index (χ1v) is 8.38. The molecule has 0 radical (unpaired) electrons. The quantitative estimate of drug-likeness (QED) is 0.559. The van der Waals surface area contributed by atoms with E-state index in [0.29, 0.717) is 6.04 Å². The first-order chi connectivity index (χ1) is 9.67. The summed E-state index contributed by atoms with van der Waals surface area (Å²) in [6, 6.07) is 4.89. The van der Waals surface area contributed by atoms with Gasteiger partial charge in [0.25, 0.3) is 0 Å². The molecular weight excluding hydrogens is 244 g/mol. The van der Waals surface area contributed by atoms with Crippen LogP contribution in [0.1, 0.15) is 76.6 Å². The molecule has 0 atom stereocenters. The predicted molar refractivity (Wildman–Crippen MR) is 89.4 cm³/mol. The van der Waals surface area contributed by atoms with Crippen molar-refractivity contribution in [3.63, 3.8) is 0 Å². The van der Waals surface area contributed by atoms with Crippen LogP contribution in [-0.2, 0) is 0 Å². The second-order valence-corrected chi connectivity index (χ2v) is 5.92. The van der Waals surface area contributed by atoms with E-state index in [9.17, 15) is 0 Å². The molecule has 0 saturated heterocycles. The van der Waals surface area contributed by atoms with Crippen LogP contribution in [0.4, 0.5) is 5.69 Å². The molecule has 0 spiro atoms. The number of rotatable bonds is 10. The highest BCUT2D eigenvalue weighted by atomic mass is 14.9. The summed E-state index contributed by atoms with van der Waals surface area (Å²) < 4.78 is 0. The summed E-state index contributed by atoms with van der Waals surface area (Å²) in [4.78, 5) is 4.56. The molecule has 1 aromatic rings. The van der Waals surface area contributed by atoms with E-state index in [1.165, 1.54) is 57.1 Å². The van der Waals surface area contributed by atoms with Gasteiger partial charge in [-0.2, -0.15) is 0 Å². The zero-order valence-corrected chi connectivity index (χ0v) is 13.8. The summed E-state index contributed by atoms with van der Waals surface area (Å²) in [5.74, 6) is 0. The molecule has 2 heteroatoms. The van der Waals surface area contributed by atoms with E-state index in [4.69, 9.17) is 0 Å². The standard InChI is InChI=1S/C18H32N2/c1-5-7-9-11-17(12-10-8-6-2)20-18-14-13-15(3)19-16(18)4/h13-14,17,20H,5-12H2,1-4H3. The zero-order chi connectivity index (χ0) is 14.8. The van der Waals surface area contributed by atoms with E-state index in [2.05, 4.69) is 50.1 Å². The van der Waals surface area contributed by atoms with Crippen molar-refractivity contribution in [3.05, 3.63) is 23.5 Å². The van der Waals surface area contributed by atoms with E-state index >= 15 is 0 Å². The summed E-state index contributed by atoms with van der Waals surface area (Å²) in [5, 5.41) is 3.73. The maximum absolute atomic E-state index is 4.56. The lowest BCUT2D eigenvalue weighted by molar-refractivity contribution is 0.526. The second-order valence-electron chi connectivity index (χ2n) is 5.92. The maximum atomic E-state index is 4.56. The third-order valence-electron chi connectivity index (χ3n) is 3.90. The molecule has 0 saturated carbocycles. The van der Waals surface area contributed by atoms with Gasteiger partial charge in [0, 0.05) is 11.7 Å². The van der Waals surface area contributed by atoms with Crippen LogP contribution in [0, 0.1) is 13.8 Å². The average Bonchev–Trinajstić information content (AvgIpc) is 2.42. The summed E-state index contributed by atoms with van der Waals surface area (Å²) in [6.45, 7) is 8.70. The zero-order valence-electron chi connectivity index (χ0n) is 13.8. The number of nitrogens with zero attached hydrogens (tertiary/aromatic N) is 1. The highest BCUT2D eigenvalue weighted by molar-refractivity contribution is 5.48. The van der Waals surface area contributed by atoms with Gasteiger partial charge in [0.15, 0.2) is 0 Å². The third kappa shape index (κ3) is 6.40. The Kier molecular flexibility index (Phi) is 8.32. The lowest BCUT2D eigenvalue weighted by atomic mass is 10.0. The largest absolute Gasteiger partial charge is 0.381 e. The average molecular weight is 276 g/mol. The number of anilines is 1. The van der Waals surface area contributed by atoms with Crippen molar-refractivity contribution in [2.24, 2.45) is 0 Å². The minimum absolute atomic E-state index is 0.608. The molecular formula is C18H32N2. The van der Waals surface area contributed by atoms with Crippen LogP contribution in [0.25, 0.3) is 0 Å². The van der Waals surface area contributed by atoms with Crippen LogP contribution >= 0.6 is 0 Å². The first kappa shape index (κ1) is 17.0. The molecule has 0 bridgehead atoms. The van der Waals surface area contributed by atoms with Crippen molar-refractivity contribution in [1.82, 2.24) is 4.98 Å². The lowest BCUT2D eigenvalue weighted by Gasteiger charge is -2.21. The van der Waals surface area contributed by atoms with Gasteiger partial charge in [-0.3, -0.25) is 4.98 Å². The molecule has 0 aliphatic carbocycles. The SMILES string of the molecule is CCCCCC(CCCCC)Nc1ccc(C)nc1C. The third-order valence-corrected chi connectivity index (χ3v) is 3.90. The minimum Gasteiger partial charge on any atom is -0.381 e. The molecule has 20 heavy (non-hydrogen) atoms. The Morgan fingerprint density at radius 2 is 1.55 bits per heavy atom. The molecule has 0 aromatic carbocycles. The van der Waals surface area contributed by atoms with Crippen molar-refractivity contribution in [3.8, 4) is 0 Å². The lowest BCUT2D eigenvalue weighted by Crippen LogP contribution is -2.20. The Balaban J connectivity index is 2.56. The second kappa shape index (κ2) is 9.79. The number of hydrogen-bond donors (Lipinski definition) is 1. The monoisotopic (exact) mass is 276 g/mol. The van der Waals surface area contributed by atoms with Gasteiger partial charge in [0.05, 0.1) is 11.4 Å². The Labute approximate surface area is 125 Å². The molecule has 0 fully saturated rings. The molecule has 0 aliphatic rings. The molecule has 114 valence electrons. The van der Waals surface area contributed by atoms with Gasteiger partial charge in [0.2, 0.25) is 0 Å². The highest BCUT2D eigenvalue weighted by Gasteiger charge is 2.10. The molecule has 0 amide bonds. The van der Waals surface area contributed by atoms with Gasteiger partial charge in [-0.15, -0.1) is 0 Å². The molecule has 2 nitrogen and oxygen atoms in total. The summed E-state index contributed by atoms with van der Waals surface area (Å²) in [6.07, 6.45) is 10.5. The number of hydrogen-bond acceptors (Lipinski definition) is 2. The van der Waals surface area contributed by atoms with Gasteiger partial charge >= 0.3 is 0 Å².